The van der Waals surface area contributed by atoms with Gasteiger partial charge in [0.25, 0.3) is 5.91 Å². The fourth-order valence-electron chi connectivity index (χ4n) is 5.29. The van der Waals surface area contributed by atoms with E-state index in [9.17, 15) is 19.2 Å². The van der Waals surface area contributed by atoms with Gasteiger partial charge in [-0.1, -0.05) is 0 Å². The Kier molecular flexibility index (Phi) is 7.82. The number of nitrogens with zero attached hydrogens (tertiary/aromatic N) is 4. The van der Waals surface area contributed by atoms with E-state index >= 15 is 0 Å². The van der Waals surface area contributed by atoms with Crippen LogP contribution in [0.3, 0.4) is 0 Å². The molecule has 2 saturated heterocycles. The summed E-state index contributed by atoms with van der Waals surface area (Å²) in [7, 11) is 1.56. The average Bonchev–Trinajstić information content (AvgIpc) is 3.20. The number of carbonyl (C=O) groups is 4. The summed E-state index contributed by atoms with van der Waals surface area (Å²) < 4.78 is 0. The lowest BCUT2D eigenvalue weighted by Crippen LogP contribution is -2.48. The molecule has 4 rings (SSSR count). The summed E-state index contributed by atoms with van der Waals surface area (Å²) in [5, 5.41) is 2.56. The standard InChI is InChI=1S/C25H35N5O4/c1-26-24(33)5-3-22(17-31)30-16-20-14-21(2-4-23(20)25(30)34)29-12-10-27(11-13-29)15-19-6-8-28(18-32)9-7-19/h2,4,14,17-19,22H,3,5-13,15-16H2,1H3,(H,26,33). The molecule has 3 amide bonds. The zero-order valence-electron chi connectivity index (χ0n) is 19.9. The Morgan fingerprint density at radius 1 is 1.12 bits per heavy atom. The van der Waals surface area contributed by atoms with Crippen LogP contribution in [0.5, 0.6) is 0 Å². The third-order valence-electron chi connectivity index (χ3n) is 7.48. The van der Waals surface area contributed by atoms with Crippen LogP contribution in [0.1, 0.15) is 41.6 Å². The molecule has 0 saturated carbocycles. The van der Waals surface area contributed by atoms with E-state index in [0.29, 0.717) is 24.4 Å². The number of hydrogen-bond donors (Lipinski definition) is 1. The number of likely N-dealkylation sites (tertiary alicyclic amines) is 1. The Bertz CT molecular complexity index is 907. The molecule has 1 aromatic rings. The van der Waals surface area contributed by atoms with Crippen molar-refractivity contribution in [2.45, 2.75) is 38.3 Å². The van der Waals surface area contributed by atoms with E-state index in [-0.39, 0.29) is 18.2 Å². The second-order valence-electron chi connectivity index (χ2n) is 9.56. The monoisotopic (exact) mass is 469 g/mol. The minimum Gasteiger partial charge on any atom is -0.369 e. The Morgan fingerprint density at radius 2 is 1.85 bits per heavy atom. The lowest BCUT2D eigenvalue weighted by atomic mass is 9.96. The zero-order chi connectivity index (χ0) is 24.1. The molecule has 1 aromatic carbocycles. The Balaban J connectivity index is 1.31. The number of piperidine rings is 1. The molecule has 3 aliphatic rings. The summed E-state index contributed by atoms with van der Waals surface area (Å²) >= 11 is 0. The van der Waals surface area contributed by atoms with Gasteiger partial charge in [-0.15, -0.1) is 0 Å². The van der Waals surface area contributed by atoms with Crippen molar-refractivity contribution in [3.05, 3.63) is 29.3 Å². The summed E-state index contributed by atoms with van der Waals surface area (Å²) in [4.78, 5) is 55.4. The molecular weight excluding hydrogens is 434 g/mol. The van der Waals surface area contributed by atoms with Crippen molar-refractivity contribution in [3.63, 3.8) is 0 Å². The van der Waals surface area contributed by atoms with Gasteiger partial charge in [-0.05, 0) is 48.9 Å². The number of anilines is 1. The number of amides is 3. The van der Waals surface area contributed by atoms with Crippen molar-refractivity contribution in [1.82, 2.24) is 20.0 Å². The van der Waals surface area contributed by atoms with Gasteiger partial charge >= 0.3 is 0 Å². The molecule has 9 heteroatoms. The van der Waals surface area contributed by atoms with E-state index in [1.165, 1.54) is 0 Å². The molecule has 0 aliphatic carbocycles. The highest BCUT2D eigenvalue weighted by atomic mass is 16.2. The van der Waals surface area contributed by atoms with Crippen LogP contribution in [-0.4, -0.2) is 98.1 Å². The maximum Gasteiger partial charge on any atom is 0.255 e. The number of rotatable bonds is 9. The summed E-state index contributed by atoms with van der Waals surface area (Å²) in [6.07, 6.45) is 4.44. The maximum absolute atomic E-state index is 12.9. The summed E-state index contributed by atoms with van der Waals surface area (Å²) in [5.74, 6) is 0.388. The molecule has 3 aliphatic heterocycles. The maximum atomic E-state index is 12.9. The minimum absolute atomic E-state index is 0.135. The Labute approximate surface area is 201 Å². The number of aldehydes is 1. The van der Waals surface area contributed by atoms with Crippen LogP contribution in [0.15, 0.2) is 18.2 Å². The first-order chi connectivity index (χ1) is 16.5. The van der Waals surface area contributed by atoms with E-state index in [0.717, 1.165) is 82.6 Å². The number of hydrogen-bond acceptors (Lipinski definition) is 6. The van der Waals surface area contributed by atoms with Gasteiger partial charge in [0, 0.05) is 77.1 Å². The number of carbonyl (C=O) groups excluding carboxylic acids is 4. The molecule has 3 heterocycles. The van der Waals surface area contributed by atoms with Crippen LogP contribution < -0.4 is 10.2 Å². The van der Waals surface area contributed by atoms with Gasteiger partial charge in [0.1, 0.15) is 6.29 Å². The summed E-state index contributed by atoms with van der Waals surface area (Å²) in [5.41, 5.74) is 2.70. The van der Waals surface area contributed by atoms with Gasteiger partial charge < -0.3 is 24.8 Å². The van der Waals surface area contributed by atoms with Crippen molar-refractivity contribution in [3.8, 4) is 0 Å². The highest BCUT2D eigenvalue weighted by Crippen LogP contribution is 2.30. The summed E-state index contributed by atoms with van der Waals surface area (Å²) in [6.45, 7) is 7.12. The van der Waals surface area contributed by atoms with Crippen LogP contribution in [0, 0.1) is 5.92 Å². The lowest BCUT2D eigenvalue weighted by Gasteiger charge is -2.39. The highest BCUT2D eigenvalue weighted by Gasteiger charge is 2.33. The van der Waals surface area contributed by atoms with Crippen molar-refractivity contribution >= 4 is 30.2 Å². The zero-order valence-corrected chi connectivity index (χ0v) is 19.9. The van der Waals surface area contributed by atoms with Gasteiger partial charge in [0.05, 0.1) is 6.04 Å². The Morgan fingerprint density at radius 3 is 2.50 bits per heavy atom. The van der Waals surface area contributed by atoms with E-state index in [2.05, 4.69) is 21.2 Å². The first-order valence-electron chi connectivity index (χ1n) is 12.3. The molecule has 0 spiro atoms. The van der Waals surface area contributed by atoms with Crippen LogP contribution >= 0.6 is 0 Å². The van der Waals surface area contributed by atoms with Gasteiger partial charge in [-0.3, -0.25) is 19.3 Å². The molecule has 0 radical (unpaired) electrons. The van der Waals surface area contributed by atoms with E-state index in [1.54, 1.807) is 11.9 Å². The smallest absolute Gasteiger partial charge is 0.255 e. The van der Waals surface area contributed by atoms with Gasteiger partial charge in [-0.2, -0.15) is 0 Å². The van der Waals surface area contributed by atoms with Crippen LogP contribution in [0.4, 0.5) is 5.69 Å². The largest absolute Gasteiger partial charge is 0.369 e. The van der Waals surface area contributed by atoms with Gasteiger partial charge in [-0.25, -0.2) is 0 Å². The van der Waals surface area contributed by atoms with E-state index in [4.69, 9.17) is 0 Å². The third kappa shape index (κ3) is 5.41. The van der Waals surface area contributed by atoms with Crippen LogP contribution in [0.2, 0.25) is 0 Å². The van der Waals surface area contributed by atoms with Gasteiger partial charge in [0.15, 0.2) is 0 Å². The fourth-order valence-corrected chi connectivity index (χ4v) is 5.29. The lowest BCUT2D eigenvalue weighted by molar-refractivity contribution is -0.121. The number of benzene rings is 1. The van der Waals surface area contributed by atoms with Gasteiger partial charge in [0.2, 0.25) is 12.3 Å². The highest BCUT2D eigenvalue weighted by molar-refractivity contribution is 6.00. The molecule has 1 atom stereocenters. The molecule has 0 bridgehead atoms. The van der Waals surface area contributed by atoms with E-state index < -0.39 is 6.04 Å². The summed E-state index contributed by atoms with van der Waals surface area (Å²) in [6, 6.07) is 5.37. The van der Waals surface area contributed by atoms with Crippen molar-refractivity contribution in [2.75, 3.05) is 57.8 Å². The second-order valence-corrected chi connectivity index (χ2v) is 9.56. The van der Waals surface area contributed by atoms with Crippen molar-refractivity contribution in [2.24, 2.45) is 5.92 Å². The van der Waals surface area contributed by atoms with E-state index in [1.807, 2.05) is 17.0 Å². The normalized spacial score (nSPS) is 20.3. The Hall–Kier alpha value is -2.94. The molecule has 34 heavy (non-hydrogen) atoms. The first kappa shape index (κ1) is 24.2. The van der Waals surface area contributed by atoms with Crippen molar-refractivity contribution in [1.29, 1.82) is 0 Å². The van der Waals surface area contributed by atoms with Crippen LogP contribution in [0.25, 0.3) is 0 Å². The van der Waals surface area contributed by atoms with Crippen molar-refractivity contribution < 1.29 is 19.2 Å². The second kappa shape index (κ2) is 11.0. The predicted molar refractivity (Wildman–Crippen MR) is 128 cm³/mol. The predicted octanol–water partition coefficient (Wildman–Crippen LogP) is 0.727. The van der Waals surface area contributed by atoms with Crippen LogP contribution in [-0.2, 0) is 20.9 Å². The molecule has 9 nitrogen and oxygen atoms in total. The average molecular weight is 470 g/mol. The molecular formula is C25H35N5O4. The molecule has 184 valence electrons. The molecule has 1 unspecified atom stereocenters. The molecule has 0 aromatic heterocycles. The minimum atomic E-state index is -0.595. The quantitative estimate of drug-likeness (QED) is 0.536. The number of nitrogens with one attached hydrogen (secondary N) is 1. The topological polar surface area (TPSA) is 93.3 Å². The first-order valence-corrected chi connectivity index (χ1v) is 12.3. The third-order valence-corrected chi connectivity index (χ3v) is 7.48. The fraction of sp³-hybridized carbons (Fsp3) is 0.600. The SMILES string of the molecule is CNC(=O)CCC(C=O)N1Cc2cc(N3CCN(CC4CCN(C=O)CC4)CC3)ccc2C1=O. The molecule has 1 N–H and O–H groups in total. The number of piperazine rings is 1. The molecule has 2 fully saturated rings. The number of fused-ring (bicyclic) bond motifs is 1.